The summed E-state index contributed by atoms with van der Waals surface area (Å²) in [4.78, 5) is 24.3. The standard InChI is InChI=1S/C20H20N4O.C2H6/c1-23-11-8-13-12-14(6-7-15(13)19(23)25)18-16-4-2-5-17(16)21-20(22-18)24-9-3-10-24;1-2/h6-8,11-12H,2-5,9-10H2,1H3;1-2H3. The summed E-state index contributed by atoms with van der Waals surface area (Å²) in [7, 11) is 1.78. The number of fused-ring (bicyclic) bond motifs is 2. The zero-order chi connectivity index (χ0) is 19.0. The average molecular weight is 362 g/mol. The van der Waals surface area contributed by atoms with Gasteiger partial charge >= 0.3 is 0 Å². The average Bonchev–Trinajstić information content (AvgIpc) is 3.13. The molecule has 2 aromatic heterocycles. The monoisotopic (exact) mass is 362 g/mol. The first-order valence-corrected chi connectivity index (χ1v) is 9.95. The molecule has 1 aliphatic carbocycles. The smallest absolute Gasteiger partial charge is 0.258 e. The second-order valence-corrected chi connectivity index (χ2v) is 7.03. The van der Waals surface area contributed by atoms with Crippen LogP contribution in [0.15, 0.2) is 35.3 Å². The molecule has 0 saturated carbocycles. The molecule has 3 heterocycles. The first-order chi connectivity index (χ1) is 13.2. The second-order valence-electron chi connectivity index (χ2n) is 7.03. The van der Waals surface area contributed by atoms with Crippen LogP contribution in [0.3, 0.4) is 0 Å². The van der Waals surface area contributed by atoms with Crippen molar-refractivity contribution in [3.05, 3.63) is 52.1 Å². The van der Waals surface area contributed by atoms with Crippen molar-refractivity contribution in [3.63, 3.8) is 0 Å². The van der Waals surface area contributed by atoms with E-state index in [0.29, 0.717) is 0 Å². The van der Waals surface area contributed by atoms with E-state index in [1.54, 1.807) is 11.6 Å². The van der Waals surface area contributed by atoms with Crippen molar-refractivity contribution in [1.29, 1.82) is 0 Å². The van der Waals surface area contributed by atoms with Crippen LogP contribution < -0.4 is 10.5 Å². The molecule has 0 amide bonds. The van der Waals surface area contributed by atoms with Gasteiger partial charge in [0.25, 0.3) is 5.56 Å². The Morgan fingerprint density at radius 1 is 1.00 bits per heavy atom. The molecule has 1 fully saturated rings. The minimum absolute atomic E-state index is 0.0400. The fourth-order valence-electron chi connectivity index (χ4n) is 3.81. The minimum Gasteiger partial charge on any atom is -0.341 e. The highest BCUT2D eigenvalue weighted by atomic mass is 16.1. The Labute approximate surface area is 159 Å². The normalized spacial score (nSPS) is 15.1. The van der Waals surface area contributed by atoms with Crippen molar-refractivity contribution in [2.45, 2.75) is 39.5 Å². The maximum absolute atomic E-state index is 12.3. The number of nitrogens with zero attached hydrogens (tertiary/aromatic N) is 4. The summed E-state index contributed by atoms with van der Waals surface area (Å²) in [6.45, 7) is 6.10. The zero-order valence-corrected chi connectivity index (χ0v) is 16.3. The van der Waals surface area contributed by atoms with Crippen molar-refractivity contribution in [3.8, 4) is 11.3 Å². The van der Waals surface area contributed by atoms with Crippen LogP contribution in [0.25, 0.3) is 22.0 Å². The van der Waals surface area contributed by atoms with Gasteiger partial charge in [0, 0.05) is 48.5 Å². The lowest BCUT2D eigenvalue weighted by Crippen LogP contribution is -2.38. The molecular formula is C22H26N4O. The molecule has 5 heteroatoms. The molecule has 0 spiro atoms. The number of benzene rings is 1. The van der Waals surface area contributed by atoms with E-state index in [9.17, 15) is 4.79 Å². The van der Waals surface area contributed by atoms with Gasteiger partial charge in [0.05, 0.1) is 5.69 Å². The third-order valence-electron chi connectivity index (χ3n) is 5.41. The number of aromatic nitrogens is 3. The van der Waals surface area contributed by atoms with Crippen LogP contribution in [0, 0.1) is 0 Å². The van der Waals surface area contributed by atoms with Gasteiger partial charge in [-0.2, -0.15) is 0 Å². The van der Waals surface area contributed by atoms with Gasteiger partial charge in [-0.15, -0.1) is 0 Å². The Morgan fingerprint density at radius 3 is 2.56 bits per heavy atom. The van der Waals surface area contributed by atoms with Crippen LogP contribution >= 0.6 is 0 Å². The van der Waals surface area contributed by atoms with Gasteiger partial charge in [0.1, 0.15) is 0 Å². The van der Waals surface area contributed by atoms with Crippen LogP contribution in [0.2, 0.25) is 0 Å². The van der Waals surface area contributed by atoms with E-state index in [1.165, 1.54) is 17.7 Å². The Hall–Kier alpha value is -2.69. The summed E-state index contributed by atoms with van der Waals surface area (Å²) in [5, 5.41) is 1.72. The van der Waals surface area contributed by atoms with Gasteiger partial charge in [0.2, 0.25) is 5.95 Å². The van der Waals surface area contributed by atoms with Gasteiger partial charge in [-0.05, 0) is 49.3 Å². The van der Waals surface area contributed by atoms with Crippen molar-refractivity contribution < 1.29 is 0 Å². The van der Waals surface area contributed by atoms with Crippen LogP contribution in [0.5, 0.6) is 0 Å². The fraction of sp³-hybridized carbons (Fsp3) is 0.409. The second kappa shape index (κ2) is 7.14. The maximum Gasteiger partial charge on any atom is 0.258 e. The van der Waals surface area contributed by atoms with E-state index in [2.05, 4.69) is 11.0 Å². The molecule has 0 atom stereocenters. The van der Waals surface area contributed by atoms with Gasteiger partial charge in [-0.1, -0.05) is 19.9 Å². The molecule has 2 aliphatic rings. The molecule has 0 N–H and O–H groups in total. The molecule has 27 heavy (non-hydrogen) atoms. The molecule has 5 nitrogen and oxygen atoms in total. The minimum atomic E-state index is 0.0400. The van der Waals surface area contributed by atoms with Crippen molar-refractivity contribution in [1.82, 2.24) is 14.5 Å². The lowest BCUT2D eigenvalue weighted by molar-refractivity contribution is 0.599. The quantitative estimate of drug-likeness (QED) is 0.697. The SMILES string of the molecule is CC.Cn1ccc2cc(-c3nc(N4CCC4)nc4c3CCC4)ccc2c1=O. The number of aryl methyl sites for hydroxylation is 2. The lowest BCUT2D eigenvalue weighted by atomic mass is 10.0. The molecule has 1 saturated heterocycles. The van der Waals surface area contributed by atoms with Crippen molar-refractivity contribution >= 4 is 16.7 Å². The third kappa shape index (κ3) is 3.01. The van der Waals surface area contributed by atoms with Crippen LogP contribution in [0.1, 0.15) is 37.9 Å². The highest BCUT2D eigenvalue weighted by Crippen LogP contribution is 2.33. The van der Waals surface area contributed by atoms with E-state index >= 15 is 0 Å². The van der Waals surface area contributed by atoms with Crippen molar-refractivity contribution in [2.75, 3.05) is 18.0 Å². The molecular weight excluding hydrogens is 336 g/mol. The topological polar surface area (TPSA) is 51.0 Å². The predicted octanol–water partition coefficient (Wildman–Crippen LogP) is 3.72. The molecule has 1 aliphatic heterocycles. The molecule has 3 aromatic rings. The van der Waals surface area contributed by atoms with E-state index in [-0.39, 0.29) is 5.56 Å². The molecule has 1 aromatic carbocycles. The largest absolute Gasteiger partial charge is 0.341 e. The first kappa shape index (κ1) is 17.7. The number of hydrogen-bond donors (Lipinski definition) is 0. The zero-order valence-electron chi connectivity index (χ0n) is 16.3. The van der Waals surface area contributed by atoms with Crippen LogP contribution in [-0.4, -0.2) is 27.6 Å². The Morgan fingerprint density at radius 2 is 1.81 bits per heavy atom. The summed E-state index contributed by atoms with van der Waals surface area (Å²) >= 11 is 0. The molecule has 0 bridgehead atoms. The van der Waals surface area contributed by atoms with E-state index in [1.807, 2.05) is 38.2 Å². The van der Waals surface area contributed by atoms with Crippen molar-refractivity contribution in [2.24, 2.45) is 7.05 Å². The number of anilines is 1. The van der Waals surface area contributed by atoms with E-state index < -0.39 is 0 Å². The van der Waals surface area contributed by atoms with Gasteiger partial charge in [-0.3, -0.25) is 4.79 Å². The first-order valence-electron chi connectivity index (χ1n) is 9.95. The Balaban J connectivity index is 0.000000872. The van der Waals surface area contributed by atoms with Gasteiger partial charge < -0.3 is 9.47 Å². The third-order valence-corrected chi connectivity index (χ3v) is 5.41. The maximum atomic E-state index is 12.3. The predicted molar refractivity (Wildman–Crippen MR) is 110 cm³/mol. The van der Waals surface area contributed by atoms with E-state index in [0.717, 1.165) is 60.3 Å². The van der Waals surface area contributed by atoms with Crippen LogP contribution in [0.4, 0.5) is 5.95 Å². The highest BCUT2D eigenvalue weighted by molar-refractivity contribution is 5.86. The highest BCUT2D eigenvalue weighted by Gasteiger charge is 2.24. The number of pyridine rings is 1. The summed E-state index contributed by atoms with van der Waals surface area (Å²) < 4.78 is 1.62. The molecule has 5 rings (SSSR count). The summed E-state index contributed by atoms with van der Waals surface area (Å²) in [6, 6.07) is 8.06. The Bertz CT molecular complexity index is 1050. The molecule has 0 unspecified atom stereocenters. The molecule has 0 radical (unpaired) electrons. The fourth-order valence-corrected chi connectivity index (χ4v) is 3.81. The van der Waals surface area contributed by atoms with E-state index in [4.69, 9.17) is 9.97 Å². The number of rotatable bonds is 2. The number of hydrogen-bond acceptors (Lipinski definition) is 4. The summed E-state index contributed by atoms with van der Waals surface area (Å²) in [5.74, 6) is 0.867. The van der Waals surface area contributed by atoms with Gasteiger partial charge in [-0.25, -0.2) is 9.97 Å². The summed E-state index contributed by atoms with van der Waals surface area (Å²) in [6.07, 6.45) is 6.27. The Kier molecular flexibility index (Phi) is 4.68. The van der Waals surface area contributed by atoms with Gasteiger partial charge in [0.15, 0.2) is 0 Å². The molecule has 140 valence electrons. The summed E-state index contributed by atoms with van der Waals surface area (Å²) in [5.41, 5.74) is 4.66. The van der Waals surface area contributed by atoms with Crippen LogP contribution in [-0.2, 0) is 19.9 Å². The lowest BCUT2D eigenvalue weighted by Gasteiger charge is -2.31.